The van der Waals surface area contributed by atoms with Crippen molar-refractivity contribution in [3.63, 3.8) is 0 Å². The first kappa shape index (κ1) is 11.0. The van der Waals surface area contributed by atoms with E-state index in [1.165, 1.54) is 19.3 Å². The molecule has 1 aliphatic carbocycles. The van der Waals surface area contributed by atoms with Crippen molar-refractivity contribution in [1.29, 1.82) is 0 Å². The Bertz CT molecular complexity index is 549. The lowest BCUT2D eigenvalue weighted by atomic mass is 9.78. The molecule has 17 heavy (non-hydrogen) atoms. The molecule has 1 aromatic heterocycles. The maximum absolute atomic E-state index is 6.27. The normalized spacial score (nSPS) is 18.0. The van der Waals surface area contributed by atoms with E-state index in [2.05, 4.69) is 17.1 Å². The molecule has 2 nitrogen and oxygen atoms in total. The van der Waals surface area contributed by atoms with Gasteiger partial charge in [0.05, 0.1) is 5.52 Å². The minimum absolute atomic E-state index is 0.0355. The van der Waals surface area contributed by atoms with Gasteiger partial charge in [0, 0.05) is 17.0 Å². The Balaban J connectivity index is 2.06. The zero-order valence-corrected chi connectivity index (χ0v) is 10.3. The highest BCUT2D eigenvalue weighted by Gasteiger charge is 2.27. The summed E-state index contributed by atoms with van der Waals surface area (Å²) in [5.41, 5.74) is 8.20. The number of pyridine rings is 1. The van der Waals surface area contributed by atoms with Gasteiger partial charge in [0.15, 0.2) is 0 Å². The van der Waals surface area contributed by atoms with E-state index in [1.54, 1.807) is 0 Å². The zero-order valence-electron chi connectivity index (χ0n) is 9.57. The van der Waals surface area contributed by atoms with Crippen LogP contribution >= 0.6 is 11.6 Å². The highest BCUT2D eigenvalue weighted by atomic mass is 35.5. The van der Waals surface area contributed by atoms with Crippen LogP contribution in [0.1, 0.15) is 30.9 Å². The van der Waals surface area contributed by atoms with Crippen LogP contribution in [0.5, 0.6) is 0 Å². The molecule has 1 fully saturated rings. The zero-order chi connectivity index (χ0) is 11.8. The lowest BCUT2D eigenvalue weighted by molar-refractivity contribution is 0.264. The standard InChI is InChI=1S/C14H15ClN2/c15-14-11(13(16)9-5-3-6-9)8-10-4-1-2-7-12(10)17-14/h1-2,4,7-9,13H,3,5-6,16H2/t13-/m1/s1. The van der Waals surface area contributed by atoms with Gasteiger partial charge < -0.3 is 5.73 Å². The van der Waals surface area contributed by atoms with Gasteiger partial charge >= 0.3 is 0 Å². The van der Waals surface area contributed by atoms with Crippen LogP contribution in [0, 0.1) is 5.92 Å². The van der Waals surface area contributed by atoms with Gasteiger partial charge in [-0.25, -0.2) is 4.98 Å². The number of fused-ring (bicyclic) bond motifs is 1. The van der Waals surface area contributed by atoms with Crippen LogP contribution in [0.2, 0.25) is 5.15 Å². The summed E-state index contributed by atoms with van der Waals surface area (Å²) in [5, 5.41) is 1.67. The fourth-order valence-electron chi connectivity index (χ4n) is 2.40. The maximum atomic E-state index is 6.27. The van der Waals surface area contributed by atoms with Crippen molar-refractivity contribution < 1.29 is 0 Å². The van der Waals surface area contributed by atoms with Crippen molar-refractivity contribution >= 4 is 22.5 Å². The monoisotopic (exact) mass is 246 g/mol. The number of aromatic nitrogens is 1. The summed E-state index contributed by atoms with van der Waals surface area (Å²) in [6.07, 6.45) is 3.71. The number of benzene rings is 1. The first-order chi connectivity index (χ1) is 8.25. The van der Waals surface area contributed by atoms with Crippen LogP contribution in [0.4, 0.5) is 0 Å². The van der Waals surface area contributed by atoms with Gasteiger partial charge in [0.25, 0.3) is 0 Å². The van der Waals surface area contributed by atoms with Gasteiger partial charge in [0.2, 0.25) is 0 Å². The molecule has 1 heterocycles. The largest absolute Gasteiger partial charge is 0.324 e. The fraction of sp³-hybridized carbons (Fsp3) is 0.357. The summed E-state index contributed by atoms with van der Waals surface area (Å²) < 4.78 is 0. The average Bonchev–Trinajstić information content (AvgIpc) is 2.25. The number of rotatable bonds is 2. The molecule has 1 atom stereocenters. The predicted molar refractivity (Wildman–Crippen MR) is 71.0 cm³/mol. The molecule has 1 saturated carbocycles. The van der Waals surface area contributed by atoms with Crippen LogP contribution in [0.25, 0.3) is 10.9 Å². The average molecular weight is 247 g/mol. The minimum Gasteiger partial charge on any atom is -0.324 e. The molecule has 3 heteroatoms. The van der Waals surface area contributed by atoms with E-state index in [0.29, 0.717) is 11.1 Å². The molecule has 0 spiro atoms. The summed E-state index contributed by atoms with van der Waals surface area (Å²) in [4.78, 5) is 4.42. The predicted octanol–water partition coefficient (Wildman–Crippen LogP) is 3.69. The molecule has 1 aliphatic rings. The van der Waals surface area contributed by atoms with Gasteiger partial charge in [-0.3, -0.25) is 0 Å². The van der Waals surface area contributed by atoms with Crippen molar-refractivity contribution in [2.45, 2.75) is 25.3 Å². The molecule has 0 bridgehead atoms. The third-order valence-electron chi connectivity index (χ3n) is 3.72. The number of nitrogens with zero attached hydrogens (tertiary/aromatic N) is 1. The van der Waals surface area contributed by atoms with Crippen molar-refractivity contribution in [3.05, 3.63) is 41.0 Å². The highest BCUT2D eigenvalue weighted by molar-refractivity contribution is 6.30. The smallest absolute Gasteiger partial charge is 0.134 e. The molecular weight excluding hydrogens is 232 g/mol. The van der Waals surface area contributed by atoms with Gasteiger partial charge in [-0.05, 0) is 30.9 Å². The molecule has 1 aromatic carbocycles. The lowest BCUT2D eigenvalue weighted by Gasteiger charge is -2.31. The van der Waals surface area contributed by atoms with Gasteiger partial charge in [-0.1, -0.05) is 36.2 Å². The van der Waals surface area contributed by atoms with Crippen LogP contribution in [-0.4, -0.2) is 4.98 Å². The number of nitrogens with two attached hydrogens (primary N) is 1. The molecule has 0 aliphatic heterocycles. The molecule has 88 valence electrons. The van der Waals surface area contributed by atoms with E-state index in [9.17, 15) is 0 Å². The van der Waals surface area contributed by atoms with Crippen molar-refractivity contribution in [2.24, 2.45) is 11.7 Å². The van der Waals surface area contributed by atoms with Crippen LogP contribution < -0.4 is 5.73 Å². The summed E-state index contributed by atoms with van der Waals surface area (Å²) in [6.45, 7) is 0. The first-order valence-corrected chi connectivity index (χ1v) is 6.44. The topological polar surface area (TPSA) is 38.9 Å². The summed E-state index contributed by atoms with van der Waals surface area (Å²) in [5.74, 6) is 0.579. The van der Waals surface area contributed by atoms with Crippen LogP contribution in [-0.2, 0) is 0 Å². The molecule has 0 amide bonds. The number of para-hydroxylation sites is 1. The van der Waals surface area contributed by atoms with E-state index in [0.717, 1.165) is 16.5 Å². The van der Waals surface area contributed by atoms with Crippen LogP contribution in [0.15, 0.2) is 30.3 Å². The lowest BCUT2D eigenvalue weighted by Crippen LogP contribution is -2.27. The Labute approximate surface area is 106 Å². The second kappa shape index (κ2) is 4.28. The number of halogens is 1. The van der Waals surface area contributed by atoms with Crippen molar-refractivity contribution in [2.75, 3.05) is 0 Å². The van der Waals surface area contributed by atoms with E-state index in [1.807, 2.05) is 18.2 Å². The second-order valence-corrected chi connectivity index (χ2v) is 5.14. The van der Waals surface area contributed by atoms with Gasteiger partial charge in [0.1, 0.15) is 5.15 Å². The van der Waals surface area contributed by atoms with Gasteiger partial charge in [-0.2, -0.15) is 0 Å². The Hall–Kier alpha value is -1.12. The quantitative estimate of drug-likeness (QED) is 0.821. The Morgan fingerprint density at radius 3 is 2.76 bits per heavy atom. The van der Waals surface area contributed by atoms with Crippen molar-refractivity contribution in [3.8, 4) is 0 Å². The Morgan fingerprint density at radius 1 is 1.29 bits per heavy atom. The summed E-state index contributed by atoms with van der Waals surface area (Å²) in [6, 6.07) is 10.1. The second-order valence-electron chi connectivity index (χ2n) is 4.78. The van der Waals surface area contributed by atoms with E-state index < -0.39 is 0 Å². The molecule has 3 rings (SSSR count). The Kier molecular flexibility index (Phi) is 2.77. The molecule has 0 saturated heterocycles. The van der Waals surface area contributed by atoms with Crippen LogP contribution in [0.3, 0.4) is 0 Å². The molecular formula is C14H15ClN2. The summed E-state index contributed by atoms with van der Waals surface area (Å²) in [7, 11) is 0. The van der Waals surface area contributed by atoms with E-state index >= 15 is 0 Å². The number of hydrogen-bond acceptors (Lipinski definition) is 2. The highest BCUT2D eigenvalue weighted by Crippen LogP contribution is 2.38. The van der Waals surface area contributed by atoms with E-state index in [4.69, 9.17) is 17.3 Å². The molecule has 0 radical (unpaired) electrons. The number of hydrogen-bond donors (Lipinski definition) is 1. The summed E-state index contributed by atoms with van der Waals surface area (Å²) >= 11 is 6.23. The fourth-order valence-corrected chi connectivity index (χ4v) is 2.67. The Morgan fingerprint density at radius 2 is 2.06 bits per heavy atom. The van der Waals surface area contributed by atoms with Gasteiger partial charge in [-0.15, -0.1) is 0 Å². The third kappa shape index (κ3) is 1.92. The molecule has 2 N–H and O–H groups in total. The van der Waals surface area contributed by atoms with E-state index in [-0.39, 0.29) is 6.04 Å². The molecule has 2 aromatic rings. The first-order valence-electron chi connectivity index (χ1n) is 6.06. The SMILES string of the molecule is N[C@@H](c1cc2ccccc2nc1Cl)C1CCC1. The minimum atomic E-state index is 0.0355. The van der Waals surface area contributed by atoms with Crippen molar-refractivity contribution in [1.82, 2.24) is 4.98 Å². The maximum Gasteiger partial charge on any atom is 0.134 e. The third-order valence-corrected chi connectivity index (χ3v) is 4.02. The molecule has 0 unspecified atom stereocenters.